The van der Waals surface area contributed by atoms with E-state index in [1.54, 1.807) is 22.1 Å². The number of hydrogen-bond donors (Lipinski definition) is 1. The second-order valence-electron chi connectivity index (χ2n) is 7.94. The third kappa shape index (κ3) is 4.72. The largest absolute Gasteiger partial charge is 0.342 e. The Morgan fingerprint density at radius 3 is 2.21 bits per heavy atom. The van der Waals surface area contributed by atoms with E-state index < -0.39 is 0 Å². The Morgan fingerprint density at radius 1 is 1.03 bits per heavy atom. The van der Waals surface area contributed by atoms with E-state index in [2.05, 4.69) is 61.2 Å². The highest BCUT2D eigenvalue weighted by Crippen LogP contribution is 2.33. The molecule has 2 amide bonds. The number of benzene rings is 1. The maximum Gasteiger partial charge on any atom is 0.272 e. The zero-order chi connectivity index (χ0) is 21.0. The van der Waals surface area contributed by atoms with Gasteiger partial charge in [0.05, 0.1) is 0 Å². The number of carbonyl (C=O) groups is 2. The molecule has 0 atom stereocenters. The highest BCUT2D eigenvalue weighted by Gasteiger charge is 2.23. The summed E-state index contributed by atoms with van der Waals surface area (Å²) < 4.78 is 0. The summed E-state index contributed by atoms with van der Waals surface area (Å²) in [7, 11) is 0. The lowest BCUT2D eigenvalue weighted by Crippen LogP contribution is -2.48. The standard InChI is InChI=1S/C22H29N5O2/c1-15(2)17-6-5-7-18(16(3)4)20(17)25-22-23-9-8-19(24-22)21(29)27-12-10-26(14-28)11-13-27/h5-9,14-16H,10-13H2,1-4H3,(H,23,24,25). The fraction of sp³-hybridized carbons (Fsp3) is 0.455. The minimum absolute atomic E-state index is 0.137. The average Bonchev–Trinajstić information content (AvgIpc) is 2.73. The van der Waals surface area contributed by atoms with Crippen molar-refractivity contribution in [3.05, 3.63) is 47.3 Å². The topological polar surface area (TPSA) is 78.4 Å². The van der Waals surface area contributed by atoms with Crippen LogP contribution in [0.15, 0.2) is 30.5 Å². The number of carbonyl (C=O) groups excluding carboxylic acids is 2. The molecule has 0 bridgehead atoms. The van der Waals surface area contributed by atoms with E-state index in [4.69, 9.17) is 0 Å². The molecule has 1 aliphatic heterocycles. The number of anilines is 2. The Hall–Kier alpha value is -2.96. The van der Waals surface area contributed by atoms with Crippen molar-refractivity contribution >= 4 is 24.0 Å². The summed E-state index contributed by atoms with van der Waals surface area (Å²) in [5, 5.41) is 3.37. The summed E-state index contributed by atoms with van der Waals surface area (Å²) in [6.45, 7) is 10.7. The maximum absolute atomic E-state index is 12.9. The Bertz CT molecular complexity index is 847. The number of amides is 2. The van der Waals surface area contributed by atoms with Crippen molar-refractivity contribution in [3.63, 3.8) is 0 Å². The first-order chi connectivity index (χ1) is 13.9. The summed E-state index contributed by atoms with van der Waals surface area (Å²) in [6.07, 6.45) is 2.43. The predicted octanol–water partition coefficient (Wildman–Crippen LogP) is 3.38. The molecule has 0 spiro atoms. The van der Waals surface area contributed by atoms with Gasteiger partial charge in [0.1, 0.15) is 5.69 Å². The normalized spacial score (nSPS) is 14.4. The van der Waals surface area contributed by atoms with Crippen LogP contribution < -0.4 is 5.32 Å². The van der Waals surface area contributed by atoms with Crippen molar-refractivity contribution in [3.8, 4) is 0 Å². The van der Waals surface area contributed by atoms with Crippen LogP contribution in [-0.4, -0.2) is 58.3 Å². The molecule has 1 saturated heterocycles. The van der Waals surface area contributed by atoms with Crippen LogP contribution in [0.4, 0.5) is 11.6 Å². The molecule has 7 nitrogen and oxygen atoms in total. The molecule has 0 aliphatic carbocycles. The molecule has 0 unspecified atom stereocenters. The summed E-state index contributed by atoms with van der Waals surface area (Å²) in [5.41, 5.74) is 3.76. The van der Waals surface area contributed by atoms with Crippen molar-refractivity contribution in [2.24, 2.45) is 0 Å². The molecule has 154 valence electrons. The SMILES string of the molecule is CC(C)c1cccc(C(C)C)c1Nc1nccc(C(=O)N2CCN(C=O)CC2)n1. The average molecular weight is 396 g/mol. The van der Waals surface area contributed by atoms with Gasteiger partial charge in [0.2, 0.25) is 12.4 Å². The number of hydrogen-bond acceptors (Lipinski definition) is 5. The van der Waals surface area contributed by atoms with Gasteiger partial charge in [-0.3, -0.25) is 9.59 Å². The summed E-state index contributed by atoms with van der Waals surface area (Å²) in [4.78, 5) is 36.0. The van der Waals surface area contributed by atoms with Crippen LogP contribution in [0, 0.1) is 0 Å². The van der Waals surface area contributed by atoms with E-state index in [0.717, 1.165) is 12.1 Å². The van der Waals surface area contributed by atoms with Crippen LogP contribution in [0.3, 0.4) is 0 Å². The Balaban J connectivity index is 1.84. The third-order valence-corrected chi connectivity index (χ3v) is 5.23. The molecule has 2 aromatic rings. The first kappa shape index (κ1) is 20.8. The molecular weight excluding hydrogens is 366 g/mol. The Labute approximate surface area is 172 Å². The molecule has 7 heteroatoms. The molecule has 2 heterocycles. The van der Waals surface area contributed by atoms with Crippen LogP contribution in [0.1, 0.15) is 61.1 Å². The molecule has 1 aliphatic rings. The molecule has 0 saturated carbocycles. The summed E-state index contributed by atoms with van der Waals surface area (Å²) in [6, 6.07) is 7.94. The summed E-state index contributed by atoms with van der Waals surface area (Å²) in [5.74, 6) is 0.963. The monoisotopic (exact) mass is 395 g/mol. The van der Waals surface area contributed by atoms with E-state index in [0.29, 0.717) is 49.7 Å². The van der Waals surface area contributed by atoms with Gasteiger partial charge >= 0.3 is 0 Å². The van der Waals surface area contributed by atoms with E-state index in [-0.39, 0.29) is 5.91 Å². The number of rotatable bonds is 6. The van der Waals surface area contributed by atoms with Gasteiger partial charge in [-0.15, -0.1) is 0 Å². The molecule has 29 heavy (non-hydrogen) atoms. The van der Waals surface area contributed by atoms with Gasteiger partial charge in [-0.1, -0.05) is 45.9 Å². The van der Waals surface area contributed by atoms with E-state index in [1.165, 1.54) is 11.1 Å². The Kier molecular flexibility index (Phi) is 6.46. The zero-order valence-corrected chi connectivity index (χ0v) is 17.6. The third-order valence-electron chi connectivity index (χ3n) is 5.23. The van der Waals surface area contributed by atoms with Gasteiger partial charge in [0, 0.05) is 38.1 Å². The smallest absolute Gasteiger partial charge is 0.272 e. The van der Waals surface area contributed by atoms with Crippen molar-refractivity contribution in [1.82, 2.24) is 19.8 Å². The minimum Gasteiger partial charge on any atom is -0.342 e. The number of para-hydroxylation sites is 1. The second-order valence-corrected chi connectivity index (χ2v) is 7.94. The lowest BCUT2D eigenvalue weighted by Gasteiger charge is -2.32. The van der Waals surface area contributed by atoms with Crippen LogP contribution in [-0.2, 0) is 4.79 Å². The number of piperazine rings is 1. The van der Waals surface area contributed by atoms with Gasteiger partial charge in [0.25, 0.3) is 5.91 Å². The minimum atomic E-state index is -0.137. The second kappa shape index (κ2) is 9.03. The molecule has 1 aromatic heterocycles. The molecule has 3 rings (SSSR count). The van der Waals surface area contributed by atoms with Crippen molar-refractivity contribution in [2.45, 2.75) is 39.5 Å². The highest BCUT2D eigenvalue weighted by atomic mass is 16.2. The van der Waals surface area contributed by atoms with Crippen molar-refractivity contribution < 1.29 is 9.59 Å². The van der Waals surface area contributed by atoms with Gasteiger partial charge in [-0.2, -0.15) is 0 Å². The summed E-state index contributed by atoms with van der Waals surface area (Å²) >= 11 is 0. The van der Waals surface area contributed by atoms with Gasteiger partial charge < -0.3 is 15.1 Å². The maximum atomic E-state index is 12.9. The van der Waals surface area contributed by atoms with E-state index in [1.807, 2.05) is 0 Å². The number of nitrogens with zero attached hydrogens (tertiary/aromatic N) is 4. The highest BCUT2D eigenvalue weighted by molar-refractivity contribution is 5.92. The van der Waals surface area contributed by atoms with Crippen LogP contribution in [0.5, 0.6) is 0 Å². The fourth-order valence-corrected chi connectivity index (χ4v) is 3.54. The molecule has 1 N–H and O–H groups in total. The molecule has 1 aromatic carbocycles. The van der Waals surface area contributed by atoms with Gasteiger partial charge in [0.15, 0.2) is 0 Å². The van der Waals surface area contributed by atoms with Crippen LogP contribution >= 0.6 is 0 Å². The fourth-order valence-electron chi connectivity index (χ4n) is 3.54. The van der Waals surface area contributed by atoms with E-state index >= 15 is 0 Å². The first-order valence-corrected chi connectivity index (χ1v) is 10.1. The predicted molar refractivity (Wildman–Crippen MR) is 113 cm³/mol. The van der Waals surface area contributed by atoms with Crippen LogP contribution in [0.2, 0.25) is 0 Å². The van der Waals surface area contributed by atoms with Crippen LogP contribution in [0.25, 0.3) is 0 Å². The number of nitrogens with one attached hydrogen (secondary N) is 1. The number of aromatic nitrogens is 2. The molecule has 1 fully saturated rings. The lowest BCUT2D eigenvalue weighted by molar-refractivity contribution is -0.119. The lowest BCUT2D eigenvalue weighted by atomic mass is 9.93. The Morgan fingerprint density at radius 2 is 1.66 bits per heavy atom. The quantitative estimate of drug-likeness (QED) is 0.759. The van der Waals surface area contributed by atoms with E-state index in [9.17, 15) is 9.59 Å². The van der Waals surface area contributed by atoms with Gasteiger partial charge in [-0.05, 0) is 29.0 Å². The molecule has 0 radical (unpaired) electrons. The first-order valence-electron chi connectivity index (χ1n) is 10.1. The van der Waals surface area contributed by atoms with Crippen molar-refractivity contribution in [1.29, 1.82) is 0 Å². The van der Waals surface area contributed by atoms with Crippen molar-refractivity contribution in [2.75, 3.05) is 31.5 Å². The van der Waals surface area contributed by atoms with Gasteiger partial charge in [-0.25, -0.2) is 9.97 Å². The molecular formula is C22H29N5O2. The zero-order valence-electron chi connectivity index (χ0n) is 17.6.